The van der Waals surface area contributed by atoms with Gasteiger partial charge in [0.25, 0.3) is 0 Å². The van der Waals surface area contributed by atoms with E-state index in [2.05, 4.69) is 39.5 Å². The van der Waals surface area contributed by atoms with Gasteiger partial charge in [-0.2, -0.15) is 0 Å². The summed E-state index contributed by atoms with van der Waals surface area (Å²) >= 11 is 0. The Kier molecular flexibility index (Phi) is 7.19. The Bertz CT molecular complexity index is 86.9. The predicted molar refractivity (Wildman–Crippen MR) is 44.2 cm³/mol. The van der Waals surface area contributed by atoms with E-state index in [9.17, 15) is 0 Å². The molecule has 0 aliphatic carbocycles. The van der Waals surface area contributed by atoms with Gasteiger partial charge in [-0.25, -0.2) is 0 Å². The second kappa shape index (κ2) is 5.69. The first-order chi connectivity index (χ1) is 3.63. The highest BCUT2D eigenvalue weighted by Crippen LogP contribution is 1.90. The molecule has 0 nitrogen and oxygen atoms in total. The lowest BCUT2D eigenvalue weighted by Gasteiger charge is -1.89. The zero-order chi connectivity index (χ0) is 6.57. The molecule has 0 aromatic rings. The molecule has 0 unspecified atom stereocenters. The molecule has 0 N–H and O–H groups in total. The van der Waals surface area contributed by atoms with Crippen molar-refractivity contribution >= 4 is 0 Å². The van der Waals surface area contributed by atoms with Crippen LogP contribution in [-0.2, 0) is 0 Å². The van der Waals surface area contributed by atoms with E-state index in [1.54, 1.807) is 0 Å². The van der Waals surface area contributed by atoms with Crippen molar-refractivity contribution in [2.45, 2.75) is 35.1 Å². The van der Waals surface area contributed by atoms with Crippen LogP contribution in [0, 0.1) is 23.7 Å². The second-order valence-electron chi connectivity index (χ2n) is 2.60. The highest BCUT2D eigenvalue weighted by Gasteiger charge is 1.83. The third-order valence-electron chi connectivity index (χ3n) is 0.661. The van der Waals surface area contributed by atoms with Crippen LogP contribution >= 0.6 is 0 Å². The quantitative estimate of drug-likeness (QED) is 0.438. The molecule has 0 saturated heterocycles. The molecule has 0 heteroatoms. The van der Waals surface area contributed by atoms with Crippen LogP contribution < -0.4 is 0 Å². The van der Waals surface area contributed by atoms with Gasteiger partial charge in [-0.15, -0.1) is 11.8 Å². The molecule has 0 atom stereocenters. The monoisotopic (exact) mass is 126 g/mol. The standard InChI is InChI=1S/C8H14.CH4/c1-7(2)5-6-8(3)4;/h7-8H,1-4H3;1H4. The number of hydrogen-bond donors (Lipinski definition) is 0. The first-order valence-electron chi connectivity index (χ1n) is 3.14. The second-order valence-corrected chi connectivity index (χ2v) is 2.60. The highest BCUT2D eigenvalue weighted by molar-refractivity contribution is 5.03. The maximum atomic E-state index is 3.09. The average molecular weight is 126 g/mol. The van der Waals surface area contributed by atoms with Gasteiger partial charge in [0.1, 0.15) is 0 Å². The van der Waals surface area contributed by atoms with E-state index >= 15 is 0 Å². The summed E-state index contributed by atoms with van der Waals surface area (Å²) in [4.78, 5) is 0. The van der Waals surface area contributed by atoms with Crippen molar-refractivity contribution in [2.24, 2.45) is 11.8 Å². The zero-order valence-corrected chi connectivity index (χ0v) is 6.15. The van der Waals surface area contributed by atoms with Gasteiger partial charge in [0, 0.05) is 11.8 Å². The maximum Gasteiger partial charge on any atom is 0.0146 e. The molecular weight excluding hydrogens is 108 g/mol. The summed E-state index contributed by atoms with van der Waals surface area (Å²) in [6.07, 6.45) is 0. The topological polar surface area (TPSA) is 0 Å². The summed E-state index contributed by atoms with van der Waals surface area (Å²) in [6.45, 7) is 8.43. The number of hydrogen-bond acceptors (Lipinski definition) is 0. The molecule has 0 saturated carbocycles. The van der Waals surface area contributed by atoms with Crippen molar-refractivity contribution in [1.82, 2.24) is 0 Å². The van der Waals surface area contributed by atoms with Crippen LogP contribution in [0.25, 0.3) is 0 Å². The fourth-order valence-electron chi connectivity index (χ4n) is 0.333. The third-order valence-corrected chi connectivity index (χ3v) is 0.661. The van der Waals surface area contributed by atoms with Gasteiger partial charge in [0.2, 0.25) is 0 Å². The Morgan fingerprint density at radius 1 is 0.778 bits per heavy atom. The molecule has 0 fully saturated rings. The smallest absolute Gasteiger partial charge is 0.0146 e. The van der Waals surface area contributed by atoms with Gasteiger partial charge in [-0.05, 0) is 0 Å². The number of rotatable bonds is 0. The molecule has 54 valence electrons. The lowest BCUT2D eigenvalue weighted by atomic mass is 10.2. The molecule has 0 rings (SSSR count). The lowest BCUT2D eigenvalue weighted by molar-refractivity contribution is 0.833. The molecule has 0 aliphatic rings. The molecular formula is C9H18. The molecule has 0 amide bonds. The normalized spacial score (nSPS) is 8.22. The lowest BCUT2D eigenvalue weighted by Crippen LogP contribution is -1.82. The van der Waals surface area contributed by atoms with Gasteiger partial charge >= 0.3 is 0 Å². The van der Waals surface area contributed by atoms with E-state index < -0.39 is 0 Å². The Labute approximate surface area is 59.7 Å². The van der Waals surface area contributed by atoms with Gasteiger partial charge in [-0.3, -0.25) is 0 Å². The Hall–Kier alpha value is -0.440. The molecule has 0 bridgehead atoms. The fraction of sp³-hybridized carbons (Fsp3) is 0.778. The van der Waals surface area contributed by atoms with Crippen molar-refractivity contribution in [2.75, 3.05) is 0 Å². The van der Waals surface area contributed by atoms with Gasteiger partial charge in [0.05, 0.1) is 0 Å². The molecule has 0 aromatic heterocycles. The van der Waals surface area contributed by atoms with Crippen molar-refractivity contribution in [3.05, 3.63) is 0 Å². The first-order valence-corrected chi connectivity index (χ1v) is 3.14. The highest BCUT2D eigenvalue weighted by atomic mass is 13.9. The van der Waals surface area contributed by atoms with Crippen molar-refractivity contribution in [1.29, 1.82) is 0 Å². The van der Waals surface area contributed by atoms with Crippen molar-refractivity contribution in [3.8, 4) is 11.8 Å². The SMILES string of the molecule is C.CC(C)C#CC(C)C. The van der Waals surface area contributed by atoms with Gasteiger partial charge in [-0.1, -0.05) is 35.1 Å². The fourth-order valence-corrected chi connectivity index (χ4v) is 0.333. The van der Waals surface area contributed by atoms with Crippen LogP contribution in [0.2, 0.25) is 0 Å². The van der Waals surface area contributed by atoms with E-state index in [-0.39, 0.29) is 7.43 Å². The van der Waals surface area contributed by atoms with Gasteiger partial charge < -0.3 is 0 Å². The van der Waals surface area contributed by atoms with Crippen molar-refractivity contribution < 1.29 is 0 Å². The van der Waals surface area contributed by atoms with Crippen LogP contribution in [0.4, 0.5) is 0 Å². The minimum absolute atomic E-state index is 0. The Balaban J connectivity index is 0. The van der Waals surface area contributed by atoms with Crippen LogP contribution in [0.1, 0.15) is 35.1 Å². The van der Waals surface area contributed by atoms with Crippen LogP contribution in [-0.4, -0.2) is 0 Å². The minimum atomic E-state index is 0. The average Bonchev–Trinajstić information content (AvgIpc) is 1.61. The molecule has 9 heavy (non-hydrogen) atoms. The summed E-state index contributed by atoms with van der Waals surface area (Å²) in [6, 6.07) is 0. The summed E-state index contributed by atoms with van der Waals surface area (Å²) < 4.78 is 0. The molecule has 0 aromatic carbocycles. The van der Waals surface area contributed by atoms with Crippen LogP contribution in [0.3, 0.4) is 0 Å². The first kappa shape index (κ1) is 11.4. The van der Waals surface area contributed by atoms with E-state index in [0.717, 1.165) is 0 Å². The van der Waals surface area contributed by atoms with Crippen LogP contribution in [0.15, 0.2) is 0 Å². The molecule has 0 radical (unpaired) electrons. The largest absolute Gasteiger partial charge is 0.100 e. The van der Waals surface area contributed by atoms with E-state index in [1.165, 1.54) is 0 Å². The van der Waals surface area contributed by atoms with E-state index in [1.807, 2.05) is 0 Å². The molecule has 0 spiro atoms. The summed E-state index contributed by atoms with van der Waals surface area (Å²) in [7, 11) is 0. The summed E-state index contributed by atoms with van der Waals surface area (Å²) in [5, 5.41) is 0. The summed E-state index contributed by atoms with van der Waals surface area (Å²) in [5.41, 5.74) is 0. The zero-order valence-electron chi connectivity index (χ0n) is 6.15. The molecule has 0 heterocycles. The van der Waals surface area contributed by atoms with E-state index in [0.29, 0.717) is 11.8 Å². The van der Waals surface area contributed by atoms with Gasteiger partial charge in [0.15, 0.2) is 0 Å². The predicted octanol–water partition coefficient (Wildman–Crippen LogP) is 2.94. The Morgan fingerprint density at radius 3 is 1.11 bits per heavy atom. The minimum Gasteiger partial charge on any atom is -0.100 e. The third kappa shape index (κ3) is 11.2. The van der Waals surface area contributed by atoms with Crippen molar-refractivity contribution in [3.63, 3.8) is 0 Å². The molecule has 0 aliphatic heterocycles. The summed E-state index contributed by atoms with van der Waals surface area (Å²) in [5.74, 6) is 7.24. The van der Waals surface area contributed by atoms with Crippen LogP contribution in [0.5, 0.6) is 0 Å². The van der Waals surface area contributed by atoms with E-state index in [4.69, 9.17) is 0 Å². The maximum absolute atomic E-state index is 3.09. The Morgan fingerprint density at radius 2 is 1.00 bits per heavy atom.